The molecular formula is C28H34N2O6. The van der Waals surface area contributed by atoms with Crippen LogP contribution in [0.15, 0.2) is 60.7 Å². The zero-order chi connectivity index (χ0) is 25.9. The summed E-state index contributed by atoms with van der Waals surface area (Å²) in [5.74, 6) is -2.90. The molecule has 0 aliphatic heterocycles. The Labute approximate surface area is 211 Å². The molecule has 2 fully saturated rings. The highest BCUT2D eigenvalue weighted by Crippen LogP contribution is 2.26. The minimum Gasteiger partial charge on any atom is -0.481 e. The van der Waals surface area contributed by atoms with Crippen molar-refractivity contribution < 1.29 is 29.4 Å². The van der Waals surface area contributed by atoms with Crippen molar-refractivity contribution in [3.8, 4) is 0 Å². The van der Waals surface area contributed by atoms with E-state index in [1.165, 1.54) is 0 Å². The van der Waals surface area contributed by atoms with Crippen LogP contribution in [-0.2, 0) is 9.59 Å². The van der Waals surface area contributed by atoms with E-state index in [1.807, 2.05) is 12.1 Å². The molecule has 0 heterocycles. The van der Waals surface area contributed by atoms with E-state index in [4.69, 9.17) is 10.2 Å². The first-order valence-electron chi connectivity index (χ1n) is 12.5. The van der Waals surface area contributed by atoms with E-state index in [2.05, 4.69) is 10.6 Å². The Bertz CT molecular complexity index is 943. The molecule has 0 saturated heterocycles. The average molecular weight is 495 g/mol. The molecule has 8 heteroatoms. The van der Waals surface area contributed by atoms with Crippen LogP contribution in [0.5, 0.6) is 0 Å². The van der Waals surface area contributed by atoms with Gasteiger partial charge in [-0.15, -0.1) is 0 Å². The molecule has 192 valence electrons. The first-order chi connectivity index (χ1) is 17.4. The third-order valence-electron chi connectivity index (χ3n) is 6.87. The van der Waals surface area contributed by atoms with Gasteiger partial charge in [-0.05, 0) is 49.9 Å². The topological polar surface area (TPSA) is 133 Å². The van der Waals surface area contributed by atoms with Crippen molar-refractivity contribution >= 4 is 23.8 Å². The van der Waals surface area contributed by atoms with Gasteiger partial charge in [-0.25, -0.2) is 0 Å². The molecule has 2 amide bonds. The van der Waals surface area contributed by atoms with E-state index >= 15 is 0 Å². The molecule has 2 unspecified atom stereocenters. The molecule has 2 saturated carbocycles. The van der Waals surface area contributed by atoms with Gasteiger partial charge in [0.2, 0.25) is 0 Å². The number of nitrogens with one attached hydrogen (secondary N) is 2. The van der Waals surface area contributed by atoms with E-state index in [9.17, 15) is 19.2 Å². The van der Waals surface area contributed by atoms with Crippen LogP contribution in [0, 0.1) is 11.8 Å². The highest BCUT2D eigenvalue weighted by molar-refractivity contribution is 5.95. The number of carboxylic acid groups (broad SMARTS) is 2. The lowest BCUT2D eigenvalue weighted by molar-refractivity contribution is -0.144. The number of amides is 2. The zero-order valence-corrected chi connectivity index (χ0v) is 20.3. The first-order valence-corrected chi connectivity index (χ1v) is 12.5. The number of benzene rings is 2. The molecule has 0 aromatic heterocycles. The second-order valence-corrected chi connectivity index (χ2v) is 9.35. The number of carboxylic acids is 2. The van der Waals surface area contributed by atoms with Crippen LogP contribution in [0.1, 0.15) is 72.1 Å². The minimum absolute atomic E-state index is 0.186. The van der Waals surface area contributed by atoms with Crippen LogP contribution in [0.4, 0.5) is 0 Å². The molecule has 4 N–H and O–H groups in total. The maximum Gasteiger partial charge on any atom is 0.308 e. The lowest BCUT2D eigenvalue weighted by Crippen LogP contribution is -2.45. The van der Waals surface area contributed by atoms with Crippen LogP contribution in [0.3, 0.4) is 0 Å². The molecule has 0 radical (unpaired) electrons. The lowest BCUT2D eigenvalue weighted by Gasteiger charge is -2.29. The quantitative estimate of drug-likeness (QED) is 0.478. The van der Waals surface area contributed by atoms with Crippen molar-refractivity contribution in [3.63, 3.8) is 0 Å². The highest BCUT2D eigenvalue weighted by Gasteiger charge is 2.32. The van der Waals surface area contributed by atoms with Crippen molar-refractivity contribution in [1.82, 2.24) is 10.6 Å². The second kappa shape index (κ2) is 13.4. The van der Waals surface area contributed by atoms with Gasteiger partial charge in [-0.3, -0.25) is 19.2 Å². The van der Waals surface area contributed by atoms with Crippen molar-refractivity contribution in [2.75, 3.05) is 0 Å². The van der Waals surface area contributed by atoms with Gasteiger partial charge in [0, 0.05) is 23.2 Å². The summed E-state index contributed by atoms with van der Waals surface area (Å²) >= 11 is 0. The Hall–Kier alpha value is -3.68. The standard InChI is InChI=1S/2C14H17NO3/c2*16-13(10-6-2-1-3-7-10)15-12-9-5-4-8-11(12)14(17)18/h2*1-3,6-7,11-12H,4-5,8-9H2,(H,15,16)(H,17,18)/t11-,12+;/m1./s1. The maximum absolute atomic E-state index is 12.0. The summed E-state index contributed by atoms with van der Waals surface area (Å²) in [6.07, 6.45) is 6.59. The van der Waals surface area contributed by atoms with Gasteiger partial charge >= 0.3 is 11.9 Å². The summed E-state index contributed by atoms with van der Waals surface area (Å²) in [5.41, 5.74) is 1.15. The number of rotatable bonds is 6. The lowest BCUT2D eigenvalue weighted by atomic mass is 9.84. The van der Waals surface area contributed by atoms with E-state index in [-0.39, 0.29) is 23.9 Å². The molecule has 2 aromatic rings. The fourth-order valence-electron chi connectivity index (χ4n) is 4.88. The minimum atomic E-state index is -0.812. The maximum atomic E-state index is 12.0. The van der Waals surface area contributed by atoms with Crippen LogP contribution < -0.4 is 10.6 Å². The van der Waals surface area contributed by atoms with Gasteiger partial charge < -0.3 is 20.8 Å². The van der Waals surface area contributed by atoms with Crippen molar-refractivity contribution in [2.24, 2.45) is 11.8 Å². The van der Waals surface area contributed by atoms with Crippen LogP contribution in [0.2, 0.25) is 0 Å². The van der Waals surface area contributed by atoms with Crippen molar-refractivity contribution in [3.05, 3.63) is 71.8 Å². The molecule has 8 nitrogen and oxygen atoms in total. The monoisotopic (exact) mass is 494 g/mol. The van der Waals surface area contributed by atoms with E-state index < -0.39 is 23.8 Å². The first kappa shape index (κ1) is 26.9. The van der Waals surface area contributed by atoms with Crippen molar-refractivity contribution in [2.45, 2.75) is 63.5 Å². The van der Waals surface area contributed by atoms with Gasteiger partial charge in [0.25, 0.3) is 11.8 Å². The highest BCUT2D eigenvalue weighted by atomic mass is 16.4. The SMILES string of the molecule is O=C(NC1CCCCC1C(=O)O)c1ccccc1.O=C(N[C@H]1CCCC[C@H]1C(=O)O)c1ccccc1. The van der Waals surface area contributed by atoms with Crippen LogP contribution in [-0.4, -0.2) is 46.0 Å². The Morgan fingerprint density at radius 3 is 1.22 bits per heavy atom. The Morgan fingerprint density at radius 1 is 0.556 bits per heavy atom. The molecule has 0 spiro atoms. The summed E-state index contributed by atoms with van der Waals surface area (Å²) in [6, 6.07) is 17.3. The number of hydrogen-bond donors (Lipinski definition) is 4. The Balaban J connectivity index is 0.000000201. The molecule has 2 aromatic carbocycles. The summed E-state index contributed by atoms with van der Waals surface area (Å²) < 4.78 is 0. The molecule has 2 aliphatic carbocycles. The number of aliphatic carboxylic acids is 2. The Morgan fingerprint density at radius 2 is 0.889 bits per heavy atom. The predicted octanol–water partition coefficient (Wildman–Crippen LogP) is 4.12. The number of hydrogen-bond acceptors (Lipinski definition) is 4. The molecule has 4 rings (SSSR count). The molecule has 36 heavy (non-hydrogen) atoms. The van der Waals surface area contributed by atoms with Gasteiger partial charge in [0.1, 0.15) is 0 Å². The summed E-state index contributed by atoms with van der Waals surface area (Å²) in [4.78, 5) is 46.2. The van der Waals surface area contributed by atoms with Crippen LogP contribution >= 0.6 is 0 Å². The largest absolute Gasteiger partial charge is 0.481 e. The van der Waals surface area contributed by atoms with Gasteiger partial charge in [-0.1, -0.05) is 62.1 Å². The number of carbonyl (C=O) groups excluding carboxylic acids is 2. The van der Waals surface area contributed by atoms with E-state index in [0.29, 0.717) is 24.0 Å². The van der Waals surface area contributed by atoms with E-state index in [0.717, 1.165) is 38.5 Å². The fourth-order valence-corrected chi connectivity index (χ4v) is 4.88. The average Bonchev–Trinajstić information content (AvgIpc) is 2.90. The summed E-state index contributed by atoms with van der Waals surface area (Å²) in [7, 11) is 0. The van der Waals surface area contributed by atoms with E-state index in [1.54, 1.807) is 48.5 Å². The van der Waals surface area contributed by atoms with Gasteiger partial charge in [-0.2, -0.15) is 0 Å². The Kier molecular flexibility index (Phi) is 10.0. The van der Waals surface area contributed by atoms with Crippen LogP contribution in [0.25, 0.3) is 0 Å². The fraction of sp³-hybridized carbons (Fsp3) is 0.429. The summed E-state index contributed by atoms with van der Waals surface area (Å²) in [5, 5.41) is 24.0. The van der Waals surface area contributed by atoms with Gasteiger partial charge in [0.15, 0.2) is 0 Å². The third-order valence-corrected chi connectivity index (χ3v) is 6.87. The molecular weight excluding hydrogens is 460 g/mol. The zero-order valence-electron chi connectivity index (χ0n) is 20.3. The smallest absolute Gasteiger partial charge is 0.308 e. The molecule has 2 aliphatic rings. The summed E-state index contributed by atoms with van der Waals surface area (Å²) in [6.45, 7) is 0. The third kappa shape index (κ3) is 7.66. The number of carbonyl (C=O) groups is 4. The predicted molar refractivity (Wildman–Crippen MR) is 135 cm³/mol. The van der Waals surface area contributed by atoms with Gasteiger partial charge in [0.05, 0.1) is 11.8 Å². The normalized spacial score (nSPS) is 23.3. The molecule has 0 bridgehead atoms. The van der Waals surface area contributed by atoms with Crippen molar-refractivity contribution in [1.29, 1.82) is 0 Å². The molecule has 4 atom stereocenters. The second-order valence-electron chi connectivity index (χ2n) is 9.35.